The molecule has 1 aliphatic heterocycles. The third-order valence-corrected chi connectivity index (χ3v) is 5.13. The number of hydrogen-bond acceptors (Lipinski definition) is 1. The summed E-state index contributed by atoms with van der Waals surface area (Å²) in [5.74, 6) is 0.00281. The number of likely N-dealkylation sites (tertiary alicyclic amines) is 1. The van der Waals surface area contributed by atoms with Crippen LogP contribution in [0.5, 0.6) is 0 Å². The van der Waals surface area contributed by atoms with Crippen molar-refractivity contribution in [1.82, 2.24) is 5.32 Å². The van der Waals surface area contributed by atoms with E-state index in [1.807, 2.05) is 32.0 Å². The van der Waals surface area contributed by atoms with E-state index < -0.39 is 0 Å². The zero-order chi connectivity index (χ0) is 17.6. The Morgan fingerprint density at radius 3 is 2.36 bits per heavy atom. The Morgan fingerprint density at radius 1 is 0.960 bits per heavy atom. The van der Waals surface area contributed by atoms with Crippen molar-refractivity contribution in [2.45, 2.75) is 46.2 Å². The highest BCUT2D eigenvalue weighted by Gasteiger charge is 2.14. The smallest absolute Gasteiger partial charge is 0.251 e. The van der Waals surface area contributed by atoms with Gasteiger partial charge in [0.1, 0.15) is 6.54 Å². The third kappa shape index (κ3) is 4.93. The first kappa shape index (κ1) is 17.7. The average molecular weight is 337 g/mol. The zero-order valence-corrected chi connectivity index (χ0v) is 15.4. The molecule has 3 rings (SSSR count). The maximum absolute atomic E-state index is 12.4. The molecule has 25 heavy (non-hydrogen) atoms. The third-order valence-electron chi connectivity index (χ3n) is 5.13. The number of piperidine rings is 1. The van der Waals surface area contributed by atoms with Crippen LogP contribution in [0.1, 0.15) is 51.9 Å². The van der Waals surface area contributed by atoms with Gasteiger partial charge in [0.15, 0.2) is 0 Å². The Hall–Kier alpha value is -2.13. The number of rotatable bonds is 5. The Labute approximate surface area is 151 Å². The summed E-state index contributed by atoms with van der Waals surface area (Å²) >= 11 is 0. The van der Waals surface area contributed by atoms with Gasteiger partial charge in [0, 0.05) is 17.7 Å². The van der Waals surface area contributed by atoms with Crippen LogP contribution >= 0.6 is 0 Å². The lowest BCUT2D eigenvalue weighted by Crippen LogP contribution is -3.11. The molecule has 0 atom stereocenters. The summed E-state index contributed by atoms with van der Waals surface area (Å²) in [4.78, 5) is 14.1. The molecule has 1 aliphatic rings. The number of hydrogen-bond donors (Lipinski definition) is 2. The lowest BCUT2D eigenvalue weighted by molar-refractivity contribution is -0.918. The van der Waals surface area contributed by atoms with Crippen LogP contribution in [0, 0.1) is 13.8 Å². The molecule has 2 aromatic rings. The fourth-order valence-corrected chi connectivity index (χ4v) is 3.55. The first-order valence-electron chi connectivity index (χ1n) is 9.38. The molecule has 1 fully saturated rings. The van der Waals surface area contributed by atoms with Crippen molar-refractivity contribution in [3.05, 3.63) is 70.3 Å². The highest BCUT2D eigenvalue weighted by atomic mass is 16.1. The predicted molar refractivity (Wildman–Crippen MR) is 102 cm³/mol. The van der Waals surface area contributed by atoms with Gasteiger partial charge in [-0.15, -0.1) is 0 Å². The molecule has 1 amide bonds. The van der Waals surface area contributed by atoms with Crippen molar-refractivity contribution in [2.75, 3.05) is 13.1 Å². The lowest BCUT2D eigenvalue weighted by Gasteiger charge is -2.23. The highest BCUT2D eigenvalue weighted by Crippen LogP contribution is 2.11. The van der Waals surface area contributed by atoms with E-state index in [2.05, 4.69) is 29.6 Å². The van der Waals surface area contributed by atoms with E-state index in [1.54, 1.807) is 4.90 Å². The second kappa shape index (κ2) is 8.30. The topological polar surface area (TPSA) is 33.5 Å². The van der Waals surface area contributed by atoms with E-state index >= 15 is 0 Å². The minimum atomic E-state index is 0.00281. The second-order valence-corrected chi connectivity index (χ2v) is 7.30. The van der Waals surface area contributed by atoms with Crippen LogP contribution in [0.25, 0.3) is 0 Å². The quantitative estimate of drug-likeness (QED) is 0.864. The van der Waals surface area contributed by atoms with Crippen LogP contribution in [0.4, 0.5) is 0 Å². The van der Waals surface area contributed by atoms with Gasteiger partial charge in [-0.2, -0.15) is 0 Å². The van der Waals surface area contributed by atoms with Gasteiger partial charge < -0.3 is 10.2 Å². The summed E-state index contributed by atoms with van der Waals surface area (Å²) in [7, 11) is 0. The zero-order valence-electron chi connectivity index (χ0n) is 15.4. The van der Waals surface area contributed by atoms with Gasteiger partial charge in [-0.1, -0.05) is 42.0 Å². The molecular weight excluding hydrogens is 308 g/mol. The van der Waals surface area contributed by atoms with Gasteiger partial charge >= 0.3 is 0 Å². The summed E-state index contributed by atoms with van der Waals surface area (Å²) < 4.78 is 0. The number of nitrogens with one attached hydrogen (secondary N) is 2. The number of benzene rings is 2. The number of carbonyl (C=O) groups is 1. The fourth-order valence-electron chi connectivity index (χ4n) is 3.55. The molecule has 3 heteroatoms. The van der Waals surface area contributed by atoms with Crippen LogP contribution in [-0.4, -0.2) is 19.0 Å². The Bertz CT molecular complexity index is 715. The number of quaternary nitrogens is 1. The maximum Gasteiger partial charge on any atom is 0.251 e. The molecule has 0 spiro atoms. The standard InChI is InChI=1S/C22H28N2O/c1-17-6-7-18(2)21(14-17)22(25)23-15-19-8-10-20(11-9-19)16-24-12-4-3-5-13-24/h6-11,14H,3-5,12-13,15-16H2,1-2H3,(H,23,25)/p+1. The minimum Gasteiger partial charge on any atom is -0.348 e. The van der Waals surface area contributed by atoms with Crippen molar-refractivity contribution in [2.24, 2.45) is 0 Å². The number of aryl methyl sites for hydroxylation is 2. The molecule has 0 bridgehead atoms. The SMILES string of the molecule is Cc1ccc(C)c(C(=O)NCc2ccc(C[NH+]3CCCCC3)cc2)c1. The van der Waals surface area contributed by atoms with Gasteiger partial charge in [0.05, 0.1) is 13.1 Å². The van der Waals surface area contributed by atoms with Crippen LogP contribution in [0.2, 0.25) is 0 Å². The van der Waals surface area contributed by atoms with Crippen molar-refractivity contribution < 1.29 is 9.69 Å². The van der Waals surface area contributed by atoms with Crippen LogP contribution in [0.15, 0.2) is 42.5 Å². The summed E-state index contributed by atoms with van der Waals surface area (Å²) in [6, 6.07) is 14.7. The number of amides is 1. The average Bonchev–Trinajstić information content (AvgIpc) is 2.64. The summed E-state index contributed by atoms with van der Waals surface area (Å²) in [6.45, 7) is 8.28. The van der Waals surface area contributed by atoms with Crippen LogP contribution in [-0.2, 0) is 13.1 Å². The fraction of sp³-hybridized carbons (Fsp3) is 0.409. The van der Waals surface area contributed by atoms with E-state index in [4.69, 9.17) is 0 Å². The first-order chi connectivity index (χ1) is 12.1. The van der Waals surface area contributed by atoms with E-state index in [9.17, 15) is 4.79 Å². The van der Waals surface area contributed by atoms with Crippen molar-refractivity contribution in [3.63, 3.8) is 0 Å². The molecule has 0 saturated carbocycles. The normalized spacial score (nSPS) is 15.1. The summed E-state index contributed by atoms with van der Waals surface area (Å²) in [5.41, 5.74) is 5.44. The Morgan fingerprint density at radius 2 is 1.64 bits per heavy atom. The molecule has 132 valence electrons. The van der Waals surface area contributed by atoms with E-state index in [-0.39, 0.29) is 5.91 Å². The minimum absolute atomic E-state index is 0.00281. The van der Waals surface area contributed by atoms with Crippen molar-refractivity contribution in [1.29, 1.82) is 0 Å². The highest BCUT2D eigenvalue weighted by molar-refractivity contribution is 5.95. The molecule has 1 saturated heterocycles. The van der Waals surface area contributed by atoms with Crippen molar-refractivity contribution in [3.8, 4) is 0 Å². The molecule has 0 aromatic heterocycles. The molecule has 1 heterocycles. The number of carbonyl (C=O) groups excluding carboxylic acids is 1. The largest absolute Gasteiger partial charge is 0.348 e. The molecular formula is C22H29N2O+. The molecule has 0 unspecified atom stereocenters. The Balaban J connectivity index is 1.54. The van der Waals surface area contributed by atoms with E-state index in [0.717, 1.165) is 28.8 Å². The van der Waals surface area contributed by atoms with Gasteiger partial charge in [0.2, 0.25) is 0 Å². The van der Waals surface area contributed by atoms with E-state index in [0.29, 0.717) is 6.54 Å². The molecule has 2 N–H and O–H groups in total. The van der Waals surface area contributed by atoms with Gasteiger partial charge in [-0.3, -0.25) is 4.79 Å². The van der Waals surface area contributed by atoms with Gasteiger partial charge in [0.25, 0.3) is 5.91 Å². The van der Waals surface area contributed by atoms with Crippen LogP contribution in [0.3, 0.4) is 0 Å². The summed E-state index contributed by atoms with van der Waals surface area (Å²) in [5, 5.41) is 3.04. The molecule has 0 radical (unpaired) electrons. The molecule has 2 aromatic carbocycles. The van der Waals surface area contributed by atoms with Crippen molar-refractivity contribution >= 4 is 5.91 Å². The monoisotopic (exact) mass is 337 g/mol. The molecule has 0 aliphatic carbocycles. The van der Waals surface area contributed by atoms with Crippen LogP contribution < -0.4 is 10.2 Å². The predicted octanol–water partition coefficient (Wildman–Crippen LogP) is 2.80. The van der Waals surface area contributed by atoms with E-state index in [1.165, 1.54) is 37.9 Å². The second-order valence-electron chi connectivity index (χ2n) is 7.30. The molecule has 3 nitrogen and oxygen atoms in total. The van der Waals surface area contributed by atoms with Gasteiger partial charge in [-0.25, -0.2) is 0 Å². The van der Waals surface area contributed by atoms with Gasteiger partial charge in [-0.05, 0) is 50.3 Å². The Kier molecular flexibility index (Phi) is 5.87. The first-order valence-corrected chi connectivity index (χ1v) is 9.38. The maximum atomic E-state index is 12.4. The summed E-state index contributed by atoms with van der Waals surface area (Å²) in [6.07, 6.45) is 4.11. The lowest BCUT2D eigenvalue weighted by atomic mass is 10.0.